The van der Waals surface area contributed by atoms with E-state index in [2.05, 4.69) is 4.85 Å². The van der Waals surface area contributed by atoms with Gasteiger partial charge in [0.15, 0.2) is 5.69 Å². The largest absolute Gasteiger partial charge is 0.464 e. The number of hydrogen-bond acceptors (Lipinski definition) is 1. The second-order valence-corrected chi connectivity index (χ2v) is 4.82. The van der Waals surface area contributed by atoms with Crippen LogP contribution in [0.1, 0.15) is 17.6 Å². The molecule has 2 aromatic carbocycles. The van der Waals surface area contributed by atoms with Crippen molar-refractivity contribution in [3.05, 3.63) is 65.2 Å². The molecular weight excluding hydrogens is 272 g/mol. The Bertz CT molecular complexity index is 859. The first kappa shape index (κ1) is 13.3. The van der Waals surface area contributed by atoms with Crippen molar-refractivity contribution in [2.24, 2.45) is 0 Å². The standard InChI is InChI=1S/C17H11F2NO/c1-10-3-4-11(8-14(10)17(18)19)15-9-13(20-2)7-12-5-6-21-16(12)15/h3-9,17H,1H3. The minimum absolute atomic E-state index is 0.000390. The van der Waals surface area contributed by atoms with Gasteiger partial charge >= 0.3 is 0 Å². The molecule has 0 aliphatic rings. The van der Waals surface area contributed by atoms with Crippen molar-refractivity contribution < 1.29 is 13.2 Å². The normalized spacial score (nSPS) is 11.0. The van der Waals surface area contributed by atoms with Gasteiger partial charge in [-0.25, -0.2) is 13.6 Å². The van der Waals surface area contributed by atoms with Crippen LogP contribution < -0.4 is 0 Å². The summed E-state index contributed by atoms with van der Waals surface area (Å²) in [7, 11) is 0. The maximum atomic E-state index is 13.1. The Balaban J connectivity index is 2.27. The minimum Gasteiger partial charge on any atom is -0.464 e. The third kappa shape index (κ3) is 2.27. The molecule has 4 heteroatoms. The van der Waals surface area contributed by atoms with E-state index in [9.17, 15) is 8.78 Å². The van der Waals surface area contributed by atoms with Crippen molar-refractivity contribution in [1.82, 2.24) is 0 Å². The number of hydrogen-bond donors (Lipinski definition) is 0. The topological polar surface area (TPSA) is 17.5 Å². The molecule has 104 valence electrons. The first-order valence-corrected chi connectivity index (χ1v) is 6.38. The summed E-state index contributed by atoms with van der Waals surface area (Å²) < 4.78 is 31.5. The van der Waals surface area contributed by atoms with Gasteiger partial charge in [0.1, 0.15) is 5.58 Å². The van der Waals surface area contributed by atoms with Crippen LogP contribution in [0.15, 0.2) is 47.1 Å². The highest BCUT2D eigenvalue weighted by atomic mass is 19.3. The number of nitrogens with zero attached hydrogens (tertiary/aromatic N) is 1. The highest BCUT2D eigenvalue weighted by molar-refractivity contribution is 5.95. The zero-order valence-corrected chi connectivity index (χ0v) is 11.2. The molecule has 0 bridgehead atoms. The van der Waals surface area contributed by atoms with Gasteiger partial charge in [-0.3, -0.25) is 0 Å². The zero-order chi connectivity index (χ0) is 15.0. The molecular formula is C17H11F2NO. The summed E-state index contributed by atoms with van der Waals surface area (Å²) >= 11 is 0. The summed E-state index contributed by atoms with van der Waals surface area (Å²) in [5, 5.41) is 0.790. The van der Waals surface area contributed by atoms with Gasteiger partial charge in [-0.15, -0.1) is 0 Å². The molecule has 3 aromatic rings. The smallest absolute Gasteiger partial charge is 0.264 e. The molecule has 0 radical (unpaired) electrons. The van der Waals surface area contributed by atoms with Crippen LogP contribution >= 0.6 is 0 Å². The molecule has 0 atom stereocenters. The molecule has 21 heavy (non-hydrogen) atoms. The van der Waals surface area contributed by atoms with E-state index in [4.69, 9.17) is 11.0 Å². The van der Waals surface area contributed by atoms with Crippen LogP contribution in [-0.2, 0) is 0 Å². The molecule has 2 nitrogen and oxygen atoms in total. The second kappa shape index (κ2) is 5.02. The van der Waals surface area contributed by atoms with Crippen molar-refractivity contribution in [1.29, 1.82) is 0 Å². The first-order valence-electron chi connectivity index (χ1n) is 6.38. The van der Waals surface area contributed by atoms with Crippen LogP contribution in [0, 0.1) is 13.5 Å². The fourth-order valence-corrected chi connectivity index (χ4v) is 2.39. The second-order valence-electron chi connectivity index (χ2n) is 4.82. The Morgan fingerprint density at radius 3 is 2.67 bits per heavy atom. The molecule has 0 saturated carbocycles. The Hall–Kier alpha value is -2.67. The molecule has 0 fully saturated rings. The minimum atomic E-state index is -2.53. The van der Waals surface area contributed by atoms with E-state index in [-0.39, 0.29) is 5.56 Å². The highest BCUT2D eigenvalue weighted by Crippen LogP contribution is 2.36. The van der Waals surface area contributed by atoms with E-state index in [0.29, 0.717) is 28.0 Å². The summed E-state index contributed by atoms with van der Waals surface area (Å²) in [6.45, 7) is 8.81. The Morgan fingerprint density at radius 2 is 1.95 bits per heavy atom. The lowest BCUT2D eigenvalue weighted by Gasteiger charge is -2.09. The van der Waals surface area contributed by atoms with Crippen LogP contribution in [0.4, 0.5) is 14.5 Å². The lowest BCUT2D eigenvalue weighted by Crippen LogP contribution is -1.91. The molecule has 0 spiro atoms. The molecule has 0 N–H and O–H groups in total. The van der Waals surface area contributed by atoms with Gasteiger partial charge in [0.2, 0.25) is 0 Å². The molecule has 0 saturated heterocycles. The monoisotopic (exact) mass is 283 g/mol. The number of alkyl halides is 2. The molecule has 1 heterocycles. The van der Waals surface area contributed by atoms with E-state index in [1.54, 1.807) is 37.3 Å². The summed E-state index contributed by atoms with van der Waals surface area (Å²) in [5.41, 5.74) is 2.89. The lowest BCUT2D eigenvalue weighted by atomic mass is 9.98. The van der Waals surface area contributed by atoms with Gasteiger partial charge in [-0.1, -0.05) is 12.1 Å². The van der Waals surface area contributed by atoms with Crippen molar-refractivity contribution in [2.45, 2.75) is 13.3 Å². The van der Waals surface area contributed by atoms with Gasteiger partial charge < -0.3 is 4.42 Å². The van der Waals surface area contributed by atoms with Gasteiger partial charge in [0.05, 0.1) is 12.8 Å². The molecule has 0 aliphatic carbocycles. The van der Waals surface area contributed by atoms with Crippen LogP contribution in [0.5, 0.6) is 0 Å². The van der Waals surface area contributed by atoms with Gasteiger partial charge in [0.25, 0.3) is 6.43 Å². The molecule has 3 rings (SSSR count). The van der Waals surface area contributed by atoms with Gasteiger partial charge in [-0.05, 0) is 42.3 Å². The zero-order valence-electron chi connectivity index (χ0n) is 11.2. The van der Waals surface area contributed by atoms with Gasteiger partial charge in [0, 0.05) is 16.5 Å². The summed E-state index contributed by atoms with van der Waals surface area (Å²) in [4.78, 5) is 3.42. The van der Waals surface area contributed by atoms with E-state index < -0.39 is 6.43 Å². The van der Waals surface area contributed by atoms with Crippen molar-refractivity contribution in [3.8, 4) is 11.1 Å². The Kier molecular flexibility index (Phi) is 3.19. The van der Waals surface area contributed by atoms with E-state index in [1.807, 2.05) is 0 Å². The van der Waals surface area contributed by atoms with Crippen molar-refractivity contribution in [3.63, 3.8) is 0 Å². The maximum absolute atomic E-state index is 13.1. The fraction of sp³-hybridized carbons (Fsp3) is 0.118. The average molecular weight is 283 g/mol. The molecule has 0 unspecified atom stereocenters. The van der Waals surface area contributed by atoms with Crippen molar-refractivity contribution >= 4 is 16.7 Å². The highest BCUT2D eigenvalue weighted by Gasteiger charge is 2.14. The van der Waals surface area contributed by atoms with E-state index >= 15 is 0 Å². The molecule has 1 aromatic heterocycles. The predicted molar refractivity (Wildman–Crippen MR) is 77.6 cm³/mol. The lowest BCUT2D eigenvalue weighted by molar-refractivity contribution is 0.150. The quantitative estimate of drug-likeness (QED) is 0.535. The Labute approximate surface area is 120 Å². The third-order valence-electron chi connectivity index (χ3n) is 3.49. The van der Waals surface area contributed by atoms with Crippen LogP contribution in [0.25, 0.3) is 26.9 Å². The average Bonchev–Trinajstić information content (AvgIpc) is 2.94. The van der Waals surface area contributed by atoms with Crippen LogP contribution in [-0.4, -0.2) is 0 Å². The first-order chi connectivity index (χ1) is 10.1. The maximum Gasteiger partial charge on any atom is 0.264 e. The Morgan fingerprint density at radius 1 is 1.14 bits per heavy atom. The number of aryl methyl sites for hydroxylation is 1. The number of rotatable bonds is 2. The van der Waals surface area contributed by atoms with Gasteiger partial charge in [-0.2, -0.15) is 0 Å². The number of halogens is 2. The van der Waals surface area contributed by atoms with Crippen molar-refractivity contribution in [2.75, 3.05) is 0 Å². The number of furan rings is 1. The summed E-state index contributed by atoms with van der Waals surface area (Å²) in [5.74, 6) is 0. The molecule has 0 amide bonds. The predicted octanol–water partition coefficient (Wildman–Crippen LogP) is 5.90. The van der Waals surface area contributed by atoms with E-state index in [0.717, 1.165) is 5.39 Å². The molecule has 0 aliphatic heterocycles. The summed E-state index contributed by atoms with van der Waals surface area (Å²) in [6.07, 6.45) is -0.995. The number of fused-ring (bicyclic) bond motifs is 1. The van der Waals surface area contributed by atoms with Crippen LogP contribution in [0.2, 0.25) is 0 Å². The third-order valence-corrected chi connectivity index (χ3v) is 3.49. The summed E-state index contributed by atoms with van der Waals surface area (Å²) in [6, 6.07) is 10.0. The fourth-order valence-electron chi connectivity index (χ4n) is 2.39. The van der Waals surface area contributed by atoms with E-state index in [1.165, 1.54) is 12.3 Å². The van der Waals surface area contributed by atoms with Crippen LogP contribution in [0.3, 0.4) is 0 Å². The SMILES string of the molecule is [C-]#[N+]c1cc(-c2ccc(C)c(C(F)F)c2)c2occc2c1. The number of benzene rings is 2.